The Balaban J connectivity index is 1.84. The lowest BCUT2D eigenvalue weighted by atomic mass is 10.1. The number of likely N-dealkylation sites (N-methyl/N-ethyl adjacent to an activating group) is 1. The molecular weight excluding hydrogens is 270 g/mol. The number of carbonyl (C=O) groups excluding carboxylic acids is 1. The van der Waals surface area contributed by atoms with Crippen molar-refractivity contribution >= 4 is 17.3 Å². The molecule has 2 heterocycles. The molecule has 1 aromatic rings. The van der Waals surface area contributed by atoms with E-state index in [1.807, 2.05) is 25.1 Å². The van der Waals surface area contributed by atoms with Gasteiger partial charge in [-0.25, -0.2) is 0 Å². The number of amides is 1. The van der Waals surface area contributed by atoms with Gasteiger partial charge in [0, 0.05) is 30.0 Å². The second kappa shape index (κ2) is 5.63. The van der Waals surface area contributed by atoms with Gasteiger partial charge < -0.3 is 25.4 Å². The summed E-state index contributed by atoms with van der Waals surface area (Å²) in [5.41, 5.74) is 2.88. The van der Waals surface area contributed by atoms with Gasteiger partial charge in [0.1, 0.15) is 6.04 Å². The molecule has 0 bridgehead atoms. The molecule has 0 saturated carbocycles. The van der Waals surface area contributed by atoms with E-state index in [-0.39, 0.29) is 30.8 Å². The number of fused-ring (bicyclic) bond motifs is 1. The topological polar surface area (TPSA) is 73.8 Å². The van der Waals surface area contributed by atoms with Crippen LogP contribution in [0, 0.1) is 0 Å². The Kier molecular flexibility index (Phi) is 3.84. The van der Waals surface area contributed by atoms with Crippen LogP contribution in [0.1, 0.15) is 18.5 Å². The summed E-state index contributed by atoms with van der Waals surface area (Å²) < 4.78 is 5.66. The highest BCUT2D eigenvalue weighted by atomic mass is 16.5. The predicted octanol–water partition coefficient (Wildman–Crippen LogP) is 0.485. The fourth-order valence-electron chi connectivity index (χ4n) is 3.09. The Labute approximate surface area is 124 Å². The molecule has 0 aromatic heterocycles. The van der Waals surface area contributed by atoms with Gasteiger partial charge in [-0.3, -0.25) is 4.79 Å². The van der Waals surface area contributed by atoms with Crippen LogP contribution in [-0.2, 0) is 9.53 Å². The van der Waals surface area contributed by atoms with Crippen LogP contribution in [0.15, 0.2) is 18.2 Å². The summed E-state index contributed by atoms with van der Waals surface area (Å²) in [4.78, 5) is 14.0. The lowest BCUT2D eigenvalue weighted by Crippen LogP contribution is -2.48. The monoisotopic (exact) mass is 291 g/mol. The molecule has 3 N–H and O–H groups in total. The van der Waals surface area contributed by atoms with Gasteiger partial charge in [-0.2, -0.15) is 0 Å². The van der Waals surface area contributed by atoms with E-state index in [0.717, 1.165) is 23.5 Å². The molecule has 2 aliphatic heterocycles. The standard InChI is InChI=1S/C15H21N3O3/c1-9-6-18(7-11(8-19)21-9)10-3-4-12-13(5-10)17-15(20)14(12)16-2/h3-5,9,11,14,16,19H,6-8H2,1-2H3,(H,17,20). The van der Waals surface area contributed by atoms with E-state index >= 15 is 0 Å². The summed E-state index contributed by atoms with van der Waals surface area (Å²) in [5, 5.41) is 15.2. The van der Waals surface area contributed by atoms with Crippen molar-refractivity contribution in [3.8, 4) is 0 Å². The van der Waals surface area contributed by atoms with Gasteiger partial charge in [0.05, 0.1) is 18.8 Å². The van der Waals surface area contributed by atoms with E-state index in [1.54, 1.807) is 7.05 Å². The quantitative estimate of drug-likeness (QED) is 0.755. The molecular formula is C15H21N3O3. The number of nitrogens with one attached hydrogen (secondary N) is 2. The molecule has 6 nitrogen and oxygen atoms in total. The Bertz CT molecular complexity index is 549. The lowest BCUT2D eigenvalue weighted by molar-refractivity contribution is -0.117. The van der Waals surface area contributed by atoms with Crippen LogP contribution >= 0.6 is 0 Å². The molecule has 0 spiro atoms. The van der Waals surface area contributed by atoms with Crippen LogP contribution in [0.3, 0.4) is 0 Å². The number of benzene rings is 1. The van der Waals surface area contributed by atoms with Crippen LogP contribution < -0.4 is 15.5 Å². The van der Waals surface area contributed by atoms with Crippen LogP contribution in [0.5, 0.6) is 0 Å². The largest absolute Gasteiger partial charge is 0.394 e. The van der Waals surface area contributed by atoms with Gasteiger partial charge >= 0.3 is 0 Å². The molecule has 2 aliphatic rings. The molecule has 114 valence electrons. The Morgan fingerprint density at radius 2 is 2.29 bits per heavy atom. The van der Waals surface area contributed by atoms with Crippen molar-refractivity contribution in [2.75, 3.05) is 37.0 Å². The van der Waals surface area contributed by atoms with Crippen LogP contribution in [0.25, 0.3) is 0 Å². The number of aliphatic hydroxyl groups is 1. The lowest BCUT2D eigenvalue weighted by Gasteiger charge is -2.37. The fourth-order valence-corrected chi connectivity index (χ4v) is 3.09. The number of hydrogen-bond donors (Lipinski definition) is 3. The van der Waals surface area contributed by atoms with Crippen LogP contribution in [0.2, 0.25) is 0 Å². The van der Waals surface area contributed by atoms with Crippen molar-refractivity contribution < 1.29 is 14.6 Å². The first-order valence-electron chi connectivity index (χ1n) is 7.25. The SMILES string of the molecule is CNC1C(=O)Nc2cc(N3CC(C)OC(CO)C3)ccc21. The number of nitrogens with zero attached hydrogens (tertiary/aromatic N) is 1. The number of anilines is 2. The molecule has 1 fully saturated rings. The molecule has 3 rings (SSSR count). The minimum atomic E-state index is -0.275. The third-order valence-electron chi connectivity index (χ3n) is 4.05. The predicted molar refractivity (Wildman–Crippen MR) is 80.5 cm³/mol. The van der Waals surface area contributed by atoms with Crippen molar-refractivity contribution in [2.45, 2.75) is 25.2 Å². The highest BCUT2D eigenvalue weighted by Gasteiger charge is 2.31. The highest BCUT2D eigenvalue weighted by molar-refractivity contribution is 6.03. The molecule has 0 radical (unpaired) electrons. The number of morpholine rings is 1. The van der Waals surface area contributed by atoms with E-state index in [1.165, 1.54) is 0 Å². The van der Waals surface area contributed by atoms with Crippen molar-refractivity contribution in [1.29, 1.82) is 0 Å². The van der Waals surface area contributed by atoms with Crippen molar-refractivity contribution in [3.05, 3.63) is 23.8 Å². The zero-order valence-corrected chi connectivity index (χ0v) is 12.3. The van der Waals surface area contributed by atoms with Crippen molar-refractivity contribution in [2.24, 2.45) is 0 Å². The molecule has 1 saturated heterocycles. The van der Waals surface area contributed by atoms with E-state index in [0.29, 0.717) is 6.54 Å². The smallest absolute Gasteiger partial charge is 0.246 e. The summed E-state index contributed by atoms with van der Waals surface area (Å²) in [6, 6.07) is 5.73. The molecule has 1 aromatic carbocycles. The van der Waals surface area contributed by atoms with Gasteiger partial charge in [0.25, 0.3) is 0 Å². The van der Waals surface area contributed by atoms with E-state index in [4.69, 9.17) is 4.74 Å². The van der Waals surface area contributed by atoms with Gasteiger partial charge in [0.2, 0.25) is 5.91 Å². The number of carbonyl (C=O) groups is 1. The van der Waals surface area contributed by atoms with Gasteiger partial charge in [0.15, 0.2) is 0 Å². The number of ether oxygens (including phenoxy) is 1. The Morgan fingerprint density at radius 1 is 1.48 bits per heavy atom. The molecule has 3 unspecified atom stereocenters. The van der Waals surface area contributed by atoms with Crippen molar-refractivity contribution in [3.63, 3.8) is 0 Å². The summed E-state index contributed by atoms with van der Waals surface area (Å²) >= 11 is 0. The normalized spacial score (nSPS) is 28.4. The van der Waals surface area contributed by atoms with E-state index in [2.05, 4.69) is 15.5 Å². The summed E-state index contributed by atoms with van der Waals surface area (Å²) in [6.07, 6.45) is -0.0922. The van der Waals surface area contributed by atoms with E-state index < -0.39 is 0 Å². The number of hydrogen-bond acceptors (Lipinski definition) is 5. The van der Waals surface area contributed by atoms with Crippen LogP contribution in [-0.4, -0.2) is 50.0 Å². The number of rotatable bonds is 3. The molecule has 3 atom stereocenters. The molecule has 6 heteroatoms. The number of aliphatic hydroxyl groups excluding tert-OH is 1. The summed E-state index contributed by atoms with van der Waals surface area (Å²) in [6.45, 7) is 3.45. The maximum absolute atomic E-state index is 11.9. The first kappa shape index (κ1) is 14.3. The third kappa shape index (κ3) is 2.62. The Hall–Kier alpha value is -1.63. The zero-order valence-electron chi connectivity index (χ0n) is 12.3. The first-order chi connectivity index (χ1) is 10.1. The minimum absolute atomic E-state index is 0.0182. The Morgan fingerprint density at radius 3 is 3.00 bits per heavy atom. The first-order valence-corrected chi connectivity index (χ1v) is 7.25. The second-order valence-corrected chi connectivity index (χ2v) is 5.64. The maximum atomic E-state index is 11.9. The fraction of sp³-hybridized carbons (Fsp3) is 0.533. The third-order valence-corrected chi connectivity index (χ3v) is 4.05. The van der Waals surface area contributed by atoms with Gasteiger partial charge in [-0.1, -0.05) is 6.07 Å². The summed E-state index contributed by atoms with van der Waals surface area (Å²) in [5.74, 6) is -0.0202. The zero-order chi connectivity index (χ0) is 15.0. The maximum Gasteiger partial charge on any atom is 0.246 e. The average Bonchev–Trinajstić information content (AvgIpc) is 2.80. The molecule has 21 heavy (non-hydrogen) atoms. The highest BCUT2D eigenvalue weighted by Crippen LogP contribution is 2.34. The molecule has 1 amide bonds. The van der Waals surface area contributed by atoms with Crippen LogP contribution in [0.4, 0.5) is 11.4 Å². The van der Waals surface area contributed by atoms with Gasteiger partial charge in [-0.15, -0.1) is 0 Å². The van der Waals surface area contributed by atoms with Crippen molar-refractivity contribution in [1.82, 2.24) is 5.32 Å². The molecule has 0 aliphatic carbocycles. The summed E-state index contributed by atoms with van der Waals surface area (Å²) in [7, 11) is 1.78. The average molecular weight is 291 g/mol. The van der Waals surface area contributed by atoms with E-state index in [9.17, 15) is 9.90 Å². The van der Waals surface area contributed by atoms with Gasteiger partial charge in [-0.05, 0) is 26.1 Å². The second-order valence-electron chi connectivity index (χ2n) is 5.64. The minimum Gasteiger partial charge on any atom is -0.394 e.